The van der Waals surface area contributed by atoms with Crippen LogP contribution in [0.4, 0.5) is 5.69 Å². The first-order valence-corrected chi connectivity index (χ1v) is 9.13. The minimum absolute atomic E-state index is 0.321. The number of nitrogens with one attached hydrogen (secondary N) is 1. The normalized spacial score (nSPS) is 16.4. The maximum atomic E-state index is 12.4. The number of hydrogen-bond donors (Lipinski definition) is 1. The summed E-state index contributed by atoms with van der Waals surface area (Å²) in [6.45, 7) is 0. The van der Waals surface area contributed by atoms with E-state index in [2.05, 4.69) is 15.1 Å². The number of aromatic nitrogens is 4. The van der Waals surface area contributed by atoms with Gasteiger partial charge in [-0.15, -0.1) is 0 Å². The lowest BCUT2D eigenvalue weighted by Gasteiger charge is -2.22. The van der Waals surface area contributed by atoms with Gasteiger partial charge in [0.05, 0.1) is 10.9 Å². The van der Waals surface area contributed by atoms with Crippen LogP contribution in [0.25, 0.3) is 5.69 Å². The summed E-state index contributed by atoms with van der Waals surface area (Å²) < 4.78 is 29.7. The Kier molecular flexibility index (Phi) is 4.20. The van der Waals surface area contributed by atoms with Crippen molar-refractivity contribution in [3.8, 4) is 5.69 Å². The van der Waals surface area contributed by atoms with E-state index in [4.69, 9.17) is 0 Å². The molecule has 124 valence electrons. The van der Waals surface area contributed by atoms with Crippen LogP contribution in [-0.2, 0) is 17.1 Å². The lowest BCUT2D eigenvalue weighted by Crippen LogP contribution is -2.29. The first kappa shape index (κ1) is 15.7. The van der Waals surface area contributed by atoms with Gasteiger partial charge in [0.25, 0.3) is 0 Å². The van der Waals surface area contributed by atoms with Crippen molar-refractivity contribution < 1.29 is 8.42 Å². The molecule has 1 aromatic heterocycles. The number of aryl methyl sites for hydroxylation is 1. The molecule has 0 bridgehead atoms. The lowest BCUT2D eigenvalue weighted by atomic mass is 10.0. The number of anilines is 1. The van der Waals surface area contributed by atoms with Gasteiger partial charge in [-0.1, -0.05) is 19.3 Å². The Labute approximate surface area is 134 Å². The average molecular weight is 337 g/mol. The number of benzene rings is 1. The van der Waals surface area contributed by atoms with Crippen LogP contribution in [0.3, 0.4) is 0 Å². The van der Waals surface area contributed by atoms with Crippen LogP contribution in [0.15, 0.2) is 29.1 Å². The Bertz CT molecular complexity index is 832. The zero-order valence-electron chi connectivity index (χ0n) is 12.8. The number of rotatable bonds is 4. The average Bonchev–Trinajstić information content (AvgIpc) is 2.88. The van der Waals surface area contributed by atoms with E-state index in [1.54, 1.807) is 24.3 Å². The number of sulfonamides is 1. The van der Waals surface area contributed by atoms with Crippen LogP contribution in [0.5, 0.6) is 0 Å². The van der Waals surface area contributed by atoms with Crippen molar-refractivity contribution in [2.75, 3.05) is 4.72 Å². The highest BCUT2D eigenvalue weighted by Gasteiger charge is 2.27. The Hall–Kier alpha value is -2.16. The standard InChI is InChI=1S/C14H19N5O3S/c1-18-14(20)19(17-16-18)12-9-7-11(8-10-12)15-23(21,22)13-5-3-2-4-6-13/h7-10,13,15H,2-6H2,1H3. The van der Waals surface area contributed by atoms with Crippen molar-refractivity contribution in [3.63, 3.8) is 0 Å². The molecule has 0 aliphatic heterocycles. The van der Waals surface area contributed by atoms with E-state index in [-0.39, 0.29) is 10.9 Å². The highest BCUT2D eigenvalue weighted by atomic mass is 32.2. The summed E-state index contributed by atoms with van der Waals surface area (Å²) in [6, 6.07) is 6.51. The molecule has 3 rings (SSSR count). The van der Waals surface area contributed by atoms with E-state index in [1.165, 1.54) is 7.05 Å². The van der Waals surface area contributed by atoms with Crippen LogP contribution < -0.4 is 10.4 Å². The van der Waals surface area contributed by atoms with Gasteiger partial charge in [0, 0.05) is 12.7 Å². The van der Waals surface area contributed by atoms with Crippen molar-refractivity contribution in [1.82, 2.24) is 19.8 Å². The molecule has 1 saturated carbocycles. The monoisotopic (exact) mass is 337 g/mol. The molecule has 0 unspecified atom stereocenters. The van der Waals surface area contributed by atoms with Gasteiger partial charge in [-0.2, -0.15) is 9.36 Å². The van der Waals surface area contributed by atoms with Crippen LogP contribution in [-0.4, -0.2) is 33.5 Å². The molecule has 0 radical (unpaired) electrons. The highest BCUT2D eigenvalue weighted by molar-refractivity contribution is 7.93. The van der Waals surface area contributed by atoms with Gasteiger partial charge in [0.1, 0.15) is 0 Å². The van der Waals surface area contributed by atoms with Crippen LogP contribution >= 0.6 is 0 Å². The summed E-state index contributed by atoms with van der Waals surface area (Å²) in [5.74, 6) is 0. The zero-order chi connectivity index (χ0) is 16.4. The van der Waals surface area contributed by atoms with E-state index >= 15 is 0 Å². The molecule has 2 aromatic rings. The fraction of sp³-hybridized carbons (Fsp3) is 0.500. The molecular weight excluding hydrogens is 318 g/mol. The fourth-order valence-electron chi connectivity index (χ4n) is 2.77. The summed E-state index contributed by atoms with van der Waals surface area (Å²) in [4.78, 5) is 11.8. The minimum atomic E-state index is -3.37. The van der Waals surface area contributed by atoms with Crippen molar-refractivity contribution >= 4 is 15.7 Å². The maximum absolute atomic E-state index is 12.4. The van der Waals surface area contributed by atoms with Crippen LogP contribution in [0.1, 0.15) is 32.1 Å². The second kappa shape index (κ2) is 6.15. The third-order valence-electron chi connectivity index (χ3n) is 4.08. The summed E-state index contributed by atoms with van der Waals surface area (Å²) in [5.41, 5.74) is 0.653. The molecule has 1 N–H and O–H groups in total. The van der Waals surface area contributed by atoms with Gasteiger partial charge in [-0.05, 0) is 47.5 Å². The second-order valence-electron chi connectivity index (χ2n) is 5.75. The van der Waals surface area contributed by atoms with Crippen molar-refractivity contribution in [3.05, 3.63) is 34.7 Å². The summed E-state index contributed by atoms with van der Waals surface area (Å²) in [6.07, 6.45) is 4.44. The van der Waals surface area contributed by atoms with Crippen LogP contribution in [0, 0.1) is 0 Å². The molecule has 0 saturated heterocycles. The largest absolute Gasteiger partial charge is 0.368 e. The maximum Gasteiger partial charge on any atom is 0.368 e. The Morgan fingerprint density at radius 3 is 2.30 bits per heavy atom. The second-order valence-corrected chi connectivity index (χ2v) is 7.71. The van der Waals surface area contributed by atoms with Crippen LogP contribution in [0.2, 0.25) is 0 Å². The first-order chi connectivity index (χ1) is 11.0. The van der Waals surface area contributed by atoms with Gasteiger partial charge >= 0.3 is 5.69 Å². The molecule has 9 heteroatoms. The predicted molar refractivity (Wildman–Crippen MR) is 86.0 cm³/mol. The number of hydrogen-bond acceptors (Lipinski definition) is 5. The Morgan fingerprint density at radius 2 is 1.74 bits per heavy atom. The zero-order valence-corrected chi connectivity index (χ0v) is 13.7. The molecule has 23 heavy (non-hydrogen) atoms. The van der Waals surface area contributed by atoms with Crippen molar-refractivity contribution in [2.24, 2.45) is 7.05 Å². The van der Waals surface area contributed by atoms with Gasteiger partial charge < -0.3 is 0 Å². The topological polar surface area (TPSA) is 98.9 Å². The number of nitrogens with zero attached hydrogens (tertiary/aromatic N) is 4. The van der Waals surface area contributed by atoms with E-state index < -0.39 is 10.0 Å². The third-order valence-corrected chi connectivity index (χ3v) is 5.95. The van der Waals surface area contributed by atoms with E-state index in [0.29, 0.717) is 24.2 Å². The first-order valence-electron chi connectivity index (χ1n) is 7.58. The molecular formula is C14H19N5O3S. The molecule has 1 aliphatic rings. The van der Waals surface area contributed by atoms with Gasteiger partial charge in [0.2, 0.25) is 10.0 Å². The van der Waals surface area contributed by atoms with E-state index in [0.717, 1.165) is 28.6 Å². The lowest BCUT2D eigenvalue weighted by molar-refractivity contribution is 0.486. The fourth-order valence-corrected chi connectivity index (χ4v) is 4.35. The van der Waals surface area contributed by atoms with Crippen molar-refractivity contribution in [1.29, 1.82) is 0 Å². The highest BCUT2D eigenvalue weighted by Crippen LogP contribution is 2.25. The van der Waals surface area contributed by atoms with E-state index in [9.17, 15) is 13.2 Å². The molecule has 8 nitrogen and oxygen atoms in total. The smallest absolute Gasteiger partial charge is 0.283 e. The summed E-state index contributed by atoms with van der Waals surface area (Å²) >= 11 is 0. The Balaban J connectivity index is 1.77. The predicted octanol–water partition coefficient (Wildman–Crippen LogP) is 1.04. The quantitative estimate of drug-likeness (QED) is 0.899. The Morgan fingerprint density at radius 1 is 1.09 bits per heavy atom. The van der Waals surface area contributed by atoms with Gasteiger partial charge in [-0.25, -0.2) is 13.2 Å². The SMILES string of the molecule is Cn1nnn(-c2ccc(NS(=O)(=O)C3CCCCC3)cc2)c1=O. The van der Waals surface area contributed by atoms with Gasteiger partial charge in [0.15, 0.2) is 0 Å². The van der Waals surface area contributed by atoms with Crippen molar-refractivity contribution in [2.45, 2.75) is 37.4 Å². The molecule has 1 fully saturated rings. The summed E-state index contributed by atoms with van der Waals surface area (Å²) in [5, 5.41) is 7.06. The molecule has 0 atom stereocenters. The van der Waals surface area contributed by atoms with Gasteiger partial charge in [-0.3, -0.25) is 4.72 Å². The minimum Gasteiger partial charge on any atom is -0.283 e. The molecule has 1 heterocycles. The third kappa shape index (κ3) is 3.29. The number of tetrazole rings is 1. The molecule has 0 spiro atoms. The summed E-state index contributed by atoms with van der Waals surface area (Å²) in [7, 11) is -1.86. The molecule has 1 aromatic carbocycles. The van der Waals surface area contributed by atoms with E-state index in [1.807, 2.05) is 0 Å². The molecule has 1 aliphatic carbocycles. The molecule has 0 amide bonds.